The topological polar surface area (TPSA) is 57.7 Å². The first-order valence-electron chi connectivity index (χ1n) is 7.62. The Morgan fingerprint density at radius 3 is 2.44 bits per heavy atom. The van der Waals surface area contributed by atoms with Crippen molar-refractivity contribution in [2.24, 2.45) is 0 Å². The molecule has 0 aliphatic carbocycles. The molecule has 0 radical (unpaired) electrons. The lowest BCUT2D eigenvalue weighted by Gasteiger charge is -2.33. The summed E-state index contributed by atoms with van der Waals surface area (Å²) in [6.45, 7) is 1.27. The molecule has 0 saturated carbocycles. The van der Waals surface area contributed by atoms with Crippen LogP contribution in [-0.2, 0) is 10.0 Å². The Hall–Kier alpha value is -1.68. The molecule has 0 bridgehead atoms. The monoisotopic (exact) mass is 386 g/mol. The molecule has 3 rings (SSSR count). The number of thiophene rings is 1. The number of hydrogen-bond acceptors (Lipinski definition) is 5. The van der Waals surface area contributed by atoms with Gasteiger partial charge in [-0.15, -0.1) is 11.3 Å². The Labute approximate surface area is 148 Å². The maximum absolute atomic E-state index is 13.8. The van der Waals surface area contributed by atoms with Gasteiger partial charge in [0.1, 0.15) is 16.5 Å². The smallest absolute Gasteiger partial charge is 0.246 e. The lowest BCUT2D eigenvalue weighted by atomic mass is 10.2. The number of carbonyl (C=O) groups excluding carboxylic acids is 1. The number of halogens is 2. The van der Waals surface area contributed by atoms with Gasteiger partial charge >= 0.3 is 0 Å². The Morgan fingerprint density at radius 2 is 1.84 bits per heavy atom. The number of piperazine rings is 1. The van der Waals surface area contributed by atoms with E-state index in [1.165, 1.54) is 11.3 Å². The van der Waals surface area contributed by atoms with E-state index in [-0.39, 0.29) is 25.4 Å². The van der Waals surface area contributed by atoms with E-state index in [1.54, 1.807) is 12.1 Å². The average molecular weight is 386 g/mol. The van der Waals surface area contributed by atoms with Gasteiger partial charge in [0.2, 0.25) is 10.0 Å². The minimum Gasteiger partial charge on any atom is -0.293 e. The van der Waals surface area contributed by atoms with Crippen molar-refractivity contribution in [1.29, 1.82) is 0 Å². The lowest BCUT2D eigenvalue weighted by Crippen LogP contribution is -2.49. The van der Waals surface area contributed by atoms with Crippen LogP contribution in [0.4, 0.5) is 8.78 Å². The fraction of sp³-hybridized carbons (Fsp3) is 0.312. The summed E-state index contributed by atoms with van der Waals surface area (Å²) in [5, 5.41) is 1.83. The van der Waals surface area contributed by atoms with Crippen LogP contribution in [0.25, 0.3) is 0 Å². The molecule has 1 fully saturated rings. The quantitative estimate of drug-likeness (QED) is 0.740. The van der Waals surface area contributed by atoms with Gasteiger partial charge in [-0.2, -0.15) is 4.31 Å². The summed E-state index contributed by atoms with van der Waals surface area (Å²) >= 11 is 1.37. The van der Waals surface area contributed by atoms with Crippen LogP contribution in [0.15, 0.2) is 40.6 Å². The molecule has 1 aliphatic heterocycles. The van der Waals surface area contributed by atoms with Crippen molar-refractivity contribution in [3.05, 3.63) is 52.2 Å². The average Bonchev–Trinajstić information content (AvgIpc) is 3.09. The van der Waals surface area contributed by atoms with Crippen molar-refractivity contribution < 1.29 is 22.0 Å². The summed E-state index contributed by atoms with van der Waals surface area (Å²) in [4.78, 5) is 14.1. The molecule has 0 unspecified atom stereocenters. The molecule has 0 amide bonds. The molecular formula is C16H16F2N2O3S2. The van der Waals surface area contributed by atoms with Gasteiger partial charge in [0.05, 0.1) is 11.4 Å². The number of Topliss-reactive ketones (excluding diaryl/α,β-unsaturated/α-hetero) is 1. The molecule has 0 spiro atoms. The van der Waals surface area contributed by atoms with Gasteiger partial charge in [0, 0.05) is 32.2 Å². The molecule has 25 heavy (non-hydrogen) atoms. The van der Waals surface area contributed by atoms with Crippen LogP contribution in [0.2, 0.25) is 0 Å². The Kier molecular flexibility index (Phi) is 5.28. The van der Waals surface area contributed by atoms with Gasteiger partial charge in [-0.25, -0.2) is 17.2 Å². The van der Waals surface area contributed by atoms with Crippen molar-refractivity contribution in [2.75, 3.05) is 32.7 Å². The minimum atomic E-state index is -4.02. The molecule has 9 heteroatoms. The first kappa shape index (κ1) is 18.1. The van der Waals surface area contributed by atoms with Gasteiger partial charge in [-0.05, 0) is 23.6 Å². The van der Waals surface area contributed by atoms with E-state index < -0.39 is 26.6 Å². The van der Waals surface area contributed by atoms with E-state index >= 15 is 0 Å². The van der Waals surface area contributed by atoms with E-state index in [2.05, 4.69) is 0 Å². The zero-order valence-electron chi connectivity index (χ0n) is 13.2. The summed E-state index contributed by atoms with van der Waals surface area (Å²) in [5.74, 6) is -1.93. The van der Waals surface area contributed by atoms with Crippen LogP contribution in [0.1, 0.15) is 9.67 Å². The summed E-state index contributed by atoms with van der Waals surface area (Å²) in [6.07, 6.45) is 0. The summed E-state index contributed by atoms with van der Waals surface area (Å²) in [7, 11) is -4.02. The lowest BCUT2D eigenvalue weighted by molar-refractivity contribution is 0.0905. The summed E-state index contributed by atoms with van der Waals surface area (Å²) in [5.41, 5.74) is 0. The fourth-order valence-electron chi connectivity index (χ4n) is 2.67. The van der Waals surface area contributed by atoms with Gasteiger partial charge in [-0.1, -0.05) is 6.07 Å². The molecule has 1 aliphatic rings. The number of rotatable bonds is 5. The SMILES string of the molecule is O=C(CN1CCN(S(=O)(=O)c2ccc(F)cc2F)CC1)c1cccs1. The first-order chi connectivity index (χ1) is 11.9. The highest BCUT2D eigenvalue weighted by Crippen LogP contribution is 2.21. The predicted octanol–water partition coefficient (Wildman–Crippen LogP) is 2.22. The second kappa shape index (κ2) is 7.28. The van der Waals surface area contributed by atoms with E-state index in [0.29, 0.717) is 24.0 Å². The molecule has 0 atom stereocenters. The standard InChI is InChI=1S/C16H16F2N2O3S2/c17-12-3-4-16(13(18)10-12)25(22,23)20-7-5-19(6-8-20)11-14(21)15-2-1-9-24-15/h1-4,9-10H,5-8,11H2. The highest BCUT2D eigenvalue weighted by Gasteiger charge is 2.31. The Balaban J connectivity index is 1.64. The van der Waals surface area contributed by atoms with Crippen molar-refractivity contribution in [3.8, 4) is 0 Å². The van der Waals surface area contributed by atoms with E-state index in [4.69, 9.17) is 0 Å². The molecular weight excluding hydrogens is 370 g/mol. The third-order valence-electron chi connectivity index (χ3n) is 4.01. The van der Waals surface area contributed by atoms with Crippen molar-refractivity contribution in [3.63, 3.8) is 0 Å². The van der Waals surface area contributed by atoms with Gasteiger partial charge in [-0.3, -0.25) is 9.69 Å². The molecule has 0 N–H and O–H groups in total. The molecule has 5 nitrogen and oxygen atoms in total. The number of benzene rings is 1. The zero-order chi connectivity index (χ0) is 18.0. The molecule has 2 aromatic rings. The number of ketones is 1. The van der Waals surface area contributed by atoms with Gasteiger partial charge < -0.3 is 0 Å². The van der Waals surface area contributed by atoms with E-state index in [1.807, 2.05) is 10.3 Å². The van der Waals surface area contributed by atoms with E-state index in [9.17, 15) is 22.0 Å². The van der Waals surface area contributed by atoms with Crippen LogP contribution < -0.4 is 0 Å². The van der Waals surface area contributed by atoms with Crippen LogP contribution in [0.5, 0.6) is 0 Å². The minimum absolute atomic E-state index is 0.00381. The summed E-state index contributed by atoms with van der Waals surface area (Å²) in [6, 6.07) is 5.98. The third-order valence-corrected chi connectivity index (χ3v) is 6.85. The number of hydrogen-bond donors (Lipinski definition) is 0. The second-order valence-electron chi connectivity index (χ2n) is 5.66. The molecule has 1 aromatic heterocycles. The highest BCUT2D eigenvalue weighted by atomic mass is 32.2. The van der Waals surface area contributed by atoms with Gasteiger partial charge in [0.15, 0.2) is 5.78 Å². The fourth-order valence-corrected chi connectivity index (χ4v) is 4.79. The van der Waals surface area contributed by atoms with E-state index in [0.717, 1.165) is 16.4 Å². The first-order valence-corrected chi connectivity index (χ1v) is 9.94. The largest absolute Gasteiger partial charge is 0.293 e. The number of nitrogens with zero attached hydrogens (tertiary/aromatic N) is 2. The van der Waals surface area contributed by atoms with Crippen LogP contribution in [-0.4, -0.2) is 56.1 Å². The van der Waals surface area contributed by atoms with Gasteiger partial charge in [0.25, 0.3) is 0 Å². The molecule has 1 aromatic carbocycles. The number of sulfonamides is 1. The van der Waals surface area contributed by atoms with Crippen molar-refractivity contribution >= 4 is 27.1 Å². The number of carbonyl (C=O) groups is 1. The molecule has 1 saturated heterocycles. The third kappa shape index (κ3) is 3.95. The highest BCUT2D eigenvalue weighted by molar-refractivity contribution is 7.89. The maximum atomic E-state index is 13.8. The van der Waals surface area contributed by atoms with Crippen LogP contribution >= 0.6 is 11.3 Å². The normalized spacial score (nSPS) is 16.9. The van der Waals surface area contributed by atoms with Crippen LogP contribution in [0, 0.1) is 11.6 Å². The zero-order valence-corrected chi connectivity index (χ0v) is 14.8. The van der Waals surface area contributed by atoms with Crippen molar-refractivity contribution in [1.82, 2.24) is 9.21 Å². The second-order valence-corrected chi connectivity index (χ2v) is 8.51. The Bertz CT molecular complexity index is 862. The summed E-state index contributed by atoms with van der Waals surface area (Å²) < 4.78 is 53.0. The van der Waals surface area contributed by atoms with Crippen molar-refractivity contribution in [2.45, 2.75) is 4.90 Å². The molecule has 134 valence electrons. The predicted molar refractivity (Wildman–Crippen MR) is 90.2 cm³/mol. The molecule has 2 heterocycles. The Morgan fingerprint density at radius 1 is 1.12 bits per heavy atom. The maximum Gasteiger partial charge on any atom is 0.246 e. The van der Waals surface area contributed by atoms with Crippen LogP contribution in [0.3, 0.4) is 0 Å².